The Bertz CT molecular complexity index is 1930. The van der Waals surface area contributed by atoms with Gasteiger partial charge in [-0.25, -0.2) is 0 Å². The van der Waals surface area contributed by atoms with Crippen LogP contribution in [0.2, 0.25) is 0 Å². The number of hydrogen-bond acceptors (Lipinski definition) is 4. The summed E-state index contributed by atoms with van der Waals surface area (Å²) >= 11 is 0. The maximum Gasteiger partial charge on any atom is 0.162 e. The topological polar surface area (TPSA) is 59.4 Å². The summed E-state index contributed by atoms with van der Waals surface area (Å²) in [6.07, 6.45) is 10.7. The summed E-state index contributed by atoms with van der Waals surface area (Å²) in [6, 6.07) is 17.3. The molecule has 4 aromatic rings. The van der Waals surface area contributed by atoms with Crippen molar-refractivity contribution in [1.29, 1.82) is 0 Å². The molecule has 0 amide bonds. The van der Waals surface area contributed by atoms with Crippen LogP contribution in [0.1, 0.15) is 146 Å². The molecule has 4 nitrogen and oxygen atoms in total. The Labute approximate surface area is 341 Å². The van der Waals surface area contributed by atoms with Gasteiger partial charge in [0.15, 0.2) is 5.78 Å². The van der Waals surface area contributed by atoms with Crippen molar-refractivity contribution < 1.29 is 34.7 Å². The van der Waals surface area contributed by atoms with Crippen LogP contribution in [-0.2, 0) is 44.2 Å². The minimum Gasteiger partial charge on any atom is -0.512 e. The van der Waals surface area contributed by atoms with Crippen LogP contribution >= 0.6 is 0 Å². The summed E-state index contributed by atoms with van der Waals surface area (Å²) < 4.78 is 6.83. The summed E-state index contributed by atoms with van der Waals surface area (Å²) in [7, 11) is 0. The summed E-state index contributed by atoms with van der Waals surface area (Å²) in [5.41, 5.74) is 6.25. The number of aliphatic hydroxyl groups excluding tert-OH is 1. The van der Waals surface area contributed by atoms with Crippen molar-refractivity contribution in [3.05, 3.63) is 77.2 Å². The van der Waals surface area contributed by atoms with Gasteiger partial charge in [-0.05, 0) is 90.7 Å². The fourth-order valence-corrected chi connectivity index (χ4v) is 7.95. The van der Waals surface area contributed by atoms with Crippen LogP contribution < -0.4 is 4.74 Å². The number of pyridine rings is 1. The molecule has 297 valence electrons. The molecular weight excluding hydrogens is 843 g/mol. The molecule has 2 heterocycles. The van der Waals surface area contributed by atoms with Gasteiger partial charge in [-0.15, -0.1) is 17.5 Å². The van der Waals surface area contributed by atoms with Crippen molar-refractivity contribution in [2.45, 2.75) is 148 Å². The number of ketones is 1. The normalized spacial score (nSPS) is 13.3. The number of fused-ring (bicyclic) bond motifs is 3. The van der Waals surface area contributed by atoms with E-state index in [9.17, 15) is 9.90 Å². The van der Waals surface area contributed by atoms with Gasteiger partial charge in [0.05, 0.1) is 5.75 Å². The fourth-order valence-electron chi connectivity index (χ4n) is 7.95. The van der Waals surface area contributed by atoms with Crippen LogP contribution in [0.5, 0.6) is 11.5 Å². The molecule has 0 unspecified atom stereocenters. The van der Waals surface area contributed by atoms with Crippen molar-refractivity contribution >= 4 is 27.3 Å². The molecular formula is C49H68IrNO3-. The monoisotopic (exact) mass is 911 g/mol. The van der Waals surface area contributed by atoms with E-state index in [4.69, 9.17) is 9.72 Å². The van der Waals surface area contributed by atoms with E-state index in [1.807, 2.05) is 20.0 Å². The predicted octanol–water partition coefficient (Wildman–Crippen LogP) is 14.4. The molecule has 5 rings (SSSR count). The molecule has 0 atom stereocenters. The first-order valence-corrected chi connectivity index (χ1v) is 20.2. The molecule has 1 aliphatic rings. The number of ether oxygens (including phenoxy) is 1. The van der Waals surface area contributed by atoms with E-state index in [1.54, 1.807) is 0 Å². The molecule has 0 saturated carbocycles. The Morgan fingerprint density at radius 1 is 0.796 bits per heavy atom. The molecule has 0 bridgehead atoms. The van der Waals surface area contributed by atoms with Crippen molar-refractivity contribution in [2.75, 3.05) is 0 Å². The smallest absolute Gasteiger partial charge is 0.162 e. The van der Waals surface area contributed by atoms with Crippen LogP contribution in [0.4, 0.5) is 0 Å². The molecule has 0 spiro atoms. The summed E-state index contributed by atoms with van der Waals surface area (Å²) in [4.78, 5) is 16.9. The molecule has 54 heavy (non-hydrogen) atoms. The zero-order chi connectivity index (χ0) is 39.5. The Kier molecular flexibility index (Phi) is 15.0. The first kappa shape index (κ1) is 45.4. The van der Waals surface area contributed by atoms with Gasteiger partial charge in [0.25, 0.3) is 0 Å². The van der Waals surface area contributed by atoms with Crippen LogP contribution in [-0.4, -0.2) is 15.9 Å². The van der Waals surface area contributed by atoms with E-state index >= 15 is 0 Å². The first-order chi connectivity index (χ1) is 24.7. The predicted molar refractivity (Wildman–Crippen MR) is 226 cm³/mol. The summed E-state index contributed by atoms with van der Waals surface area (Å²) in [6.45, 7) is 30.9. The number of benzene rings is 3. The van der Waals surface area contributed by atoms with Gasteiger partial charge in [0.1, 0.15) is 11.5 Å². The number of aliphatic hydroxyl groups is 1. The second-order valence-corrected chi connectivity index (χ2v) is 19.1. The van der Waals surface area contributed by atoms with Crippen LogP contribution in [0.15, 0.2) is 54.4 Å². The van der Waals surface area contributed by atoms with Crippen molar-refractivity contribution in [3.8, 4) is 22.8 Å². The van der Waals surface area contributed by atoms with Gasteiger partial charge in [-0.3, -0.25) is 9.78 Å². The maximum absolute atomic E-state index is 12.0. The number of nitrogens with zero attached hydrogens (tertiary/aromatic N) is 1. The van der Waals surface area contributed by atoms with Crippen molar-refractivity contribution in [3.63, 3.8) is 0 Å². The minimum atomic E-state index is -0.207. The van der Waals surface area contributed by atoms with E-state index in [0.29, 0.717) is 0 Å². The number of aromatic nitrogens is 1. The average Bonchev–Trinajstić information content (AvgIpc) is 3.05. The maximum atomic E-state index is 12.0. The van der Waals surface area contributed by atoms with E-state index in [2.05, 4.69) is 126 Å². The zero-order valence-corrected chi connectivity index (χ0v) is 38.3. The van der Waals surface area contributed by atoms with Gasteiger partial charge >= 0.3 is 0 Å². The van der Waals surface area contributed by atoms with E-state index in [1.165, 1.54) is 33.5 Å². The van der Waals surface area contributed by atoms with E-state index < -0.39 is 0 Å². The summed E-state index contributed by atoms with van der Waals surface area (Å²) in [5, 5.41) is 14.9. The van der Waals surface area contributed by atoms with Gasteiger partial charge in [-0.2, -0.15) is 0 Å². The van der Waals surface area contributed by atoms with Gasteiger partial charge in [0.2, 0.25) is 0 Å². The third kappa shape index (κ3) is 10.8. The number of hydrogen-bond donors (Lipinski definition) is 1. The Balaban J connectivity index is 0.000000372. The molecule has 1 N–H and O–H groups in total. The number of carbonyl (C=O) groups is 1. The molecule has 0 aliphatic carbocycles. The molecule has 5 heteroatoms. The van der Waals surface area contributed by atoms with Gasteiger partial charge in [0, 0.05) is 54.8 Å². The van der Waals surface area contributed by atoms with Crippen LogP contribution in [0.3, 0.4) is 0 Å². The quantitative estimate of drug-likeness (QED) is 0.0815. The number of allylic oxidation sites excluding steroid dienone is 2. The van der Waals surface area contributed by atoms with Gasteiger partial charge in [-0.1, -0.05) is 137 Å². The SMILES string of the molecule is CC(C)(C)Cc1ccc2c(CC(C)(C)C)c3c([c-]c2c1)-c1nccc2cc(CC(C)(C)C)cc(c12)O3.CCC(CC)C(=O)/C=C(\O)C(CC)(CC)CC.[Ir]. The first-order valence-electron chi connectivity index (χ1n) is 20.2. The van der Waals surface area contributed by atoms with Crippen LogP contribution in [0, 0.1) is 33.6 Å². The van der Waals surface area contributed by atoms with E-state index in [0.717, 1.165) is 84.9 Å². The molecule has 0 saturated heterocycles. The average molecular weight is 911 g/mol. The van der Waals surface area contributed by atoms with Crippen molar-refractivity contribution in [1.82, 2.24) is 4.98 Å². The Morgan fingerprint density at radius 2 is 1.37 bits per heavy atom. The number of rotatable bonds is 11. The molecule has 1 aromatic heterocycles. The van der Waals surface area contributed by atoms with Gasteiger partial charge < -0.3 is 9.84 Å². The van der Waals surface area contributed by atoms with Crippen LogP contribution in [0.25, 0.3) is 32.8 Å². The second kappa shape index (κ2) is 17.8. The van der Waals surface area contributed by atoms with E-state index in [-0.39, 0.29) is 59.2 Å². The Morgan fingerprint density at radius 3 is 1.91 bits per heavy atom. The molecule has 3 aromatic carbocycles. The summed E-state index contributed by atoms with van der Waals surface area (Å²) in [5.74, 6) is 2.27. The Hall–Kier alpha value is -3.01. The molecule has 1 radical (unpaired) electrons. The third-order valence-corrected chi connectivity index (χ3v) is 10.9. The third-order valence-electron chi connectivity index (χ3n) is 10.9. The van der Waals surface area contributed by atoms with Crippen molar-refractivity contribution in [2.24, 2.45) is 27.6 Å². The zero-order valence-electron chi connectivity index (χ0n) is 35.9. The second-order valence-electron chi connectivity index (χ2n) is 19.1. The minimum absolute atomic E-state index is 0. The number of carbonyl (C=O) groups excluding carboxylic acids is 1. The molecule has 1 aliphatic heterocycles. The molecule has 0 fully saturated rings. The standard InChI is InChI=1S/C34H40NO.C15H28O2.Ir/c1-32(2,3)18-21-10-11-25-24(14-21)17-26-30-29-23(12-13-35-30)15-22(19-33(4,5)6)16-28(29)36-31(26)27(25)20-34(7,8)9;1-6-12(7-2)13(16)11-14(17)15(8-3,9-4)10-5;/h10-16H,18-20H2,1-9H3;11-12,17H,6-10H2,1-5H3;/q-1;;/b;14-11-;. The largest absolute Gasteiger partial charge is 0.512 e. The fraction of sp³-hybridized carbons (Fsp3) is 0.551.